The van der Waals surface area contributed by atoms with Gasteiger partial charge in [-0.25, -0.2) is 0 Å². The molecule has 1 aromatic heterocycles. The molecule has 0 atom stereocenters. The van der Waals surface area contributed by atoms with Crippen LogP contribution in [0.5, 0.6) is 5.75 Å². The van der Waals surface area contributed by atoms with Crippen molar-refractivity contribution in [3.63, 3.8) is 0 Å². The molecule has 0 radical (unpaired) electrons. The van der Waals surface area contributed by atoms with Crippen LogP contribution in [0, 0.1) is 0 Å². The van der Waals surface area contributed by atoms with Gasteiger partial charge in [0, 0.05) is 44.1 Å². The van der Waals surface area contributed by atoms with Gasteiger partial charge >= 0.3 is 0 Å². The Morgan fingerprint density at radius 2 is 1.60 bits per heavy atom. The lowest BCUT2D eigenvalue weighted by Crippen LogP contribution is -2.50. The van der Waals surface area contributed by atoms with Crippen molar-refractivity contribution in [2.75, 3.05) is 33.3 Å². The van der Waals surface area contributed by atoms with Crippen molar-refractivity contribution in [3.8, 4) is 5.75 Å². The van der Waals surface area contributed by atoms with E-state index in [4.69, 9.17) is 16.3 Å². The summed E-state index contributed by atoms with van der Waals surface area (Å²) in [5.41, 5.74) is 1.05. The van der Waals surface area contributed by atoms with E-state index in [1.54, 1.807) is 59.6 Å². The highest BCUT2D eigenvalue weighted by molar-refractivity contribution is 6.34. The fourth-order valence-electron chi connectivity index (χ4n) is 2.76. The fraction of sp³-hybridized carbons (Fsp3) is 0.278. The van der Waals surface area contributed by atoms with E-state index >= 15 is 0 Å². The van der Waals surface area contributed by atoms with Gasteiger partial charge in [0.2, 0.25) is 0 Å². The molecule has 1 aromatic carbocycles. The summed E-state index contributed by atoms with van der Waals surface area (Å²) >= 11 is 6.18. The summed E-state index contributed by atoms with van der Waals surface area (Å²) in [6.07, 6.45) is 3.19. The number of halogens is 1. The van der Waals surface area contributed by atoms with Gasteiger partial charge < -0.3 is 14.5 Å². The fourth-order valence-corrected chi connectivity index (χ4v) is 3.01. The molecule has 1 saturated heterocycles. The van der Waals surface area contributed by atoms with E-state index in [2.05, 4.69) is 4.98 Å². The molecular formula is C18H18ClN3O3. The third-order valence-corrected chi connectivity index (χ3v) is 4.50. The normalized spacial score (nSPS) is 14.3. The Morgan fingerprint density at radius 3 is 2.16 bits per heavy atom. The van der Waals surface area contributed by atoms with Crippen LogP contribution in [0.25, 0.3) is 0 Å². The van der Waals surface area contributed by atoms with Crippen LogP contribution >= 0.6 is 11.6 Å². The maximum atomic E-state index is 12.7. The Hall–Kier alpha value is -2.60. The monoisotopic (exact) mass is 359 g/mol. The van der Waals surface area contributed by atoms with Crippen LogP contribution in [0.4, 0.5) is 0 Å². The molecule has 25 heavy (non-hydrogen) atoms. The first kappa shape index (κ1) is 17.2. The number of ether oxygens (including phenoxy) is 1. The van der Waals surface area contributed by atoms with Crippen LogP contribution in [-0.4, -0.2) is 59.9 Å². The molecule has 2 heterocycles. The molecule has 2 aromatic rings. The second-order valence-corrected chi connectivity index (χ2v) is 6.07. The van der Waals surface area contributed by atoms with Crippen LogP contribution in [0.2, 0.25) is 5.02 Å². The van der Waals surface area contributed by atoms with Crippen LogP contribution in [0.15, 0.2) is 42.7 Å². The molecule has 0 saturated carbocycles. The first-order valence-corrected chi connectivity index (χ1v) is 8.30. The zero-order chi connectivity index (χ0) is 17.8. The lowest BCUT2D eigenvalue weighted by Gasteiger charge is -2.35. The van der Waals surface area contributed by atoms with Gasteiger partial charge in [-0.15, -0.1) is 0 Å². The van der Waals surface area contributed by atoms with Gasteiger partial charge in [0.05, 0.1) is 17.7 Å². The van der Waals surface area contributed by atoms with E-state index in [0.29, 0.717) is 48.1 Å². The van der Waals surface area contributed by atoms with Crippen molar-refractivity contribution in [3.05, 3.63) is 58.9 Å². The number of pyridine rings is 1. The second kappa shape index (κ2) is 7.53. The number of carbonyl (C=O) groups excluding carboxylic acids is 2. The molecule has 0 bridgehead atoms. The molecule has 0 unspecified atom stereocenters. The number of hydrogen-bond acceptors (Lipinski definition) is 4. The summed E-state index contributed by atoms with van der Waals surface area (Å²) in [5, 5.41) is 0.361. The van der Waals surface area contributed by atoms with E-state index in [1.165, 1.54) is 0 Å². The second-order valence-electron chi connectivity index (χ2n) is 5.67. The molecule has 0 N–H and O–H groups in total. The van der Waals surface area contributed by atoms with Crippen molar-refractivity contribution in [1.82, 2.24) is 14.8 Å². The number of piperazine rings is 1. The van der Waals surface area contributed by atoms with Gasteiger partial charge in [0.15, 0.2) is 0 Å². The largest absolute Gasteiger partial charge is 0.497 e. The minimum absolute atomic E-state index is 0.0445. The van der Waals surface area contributed by atoms with E-state index < -0.39 is 0 Å². The van der Waals surface area contributed by atoms with E-state index in [9.17, 15) is 9.59 Å². The minimum atomic E-state index is -0.135. The predicted octanol–water partition coefficient (Wildman–Crippen LogP) is 2.34. The van der Waals surface area contributed by atoms with Gasteiger partial charge in [0.1, 0.15) is 5.75 Å². The Labute approximate surface area is 151 Å². The molecule has 2 amide bonds. The number of aromatic nitrogens is 1. The number of rotatable bonds is 3. The van der Waals surface area contributed by atoms with Crippen LogP contribution in [0.1, 0.15) is 20.7 Å². The molecule has 0 aliphatic carbocycles. The maximum Gasteiger partial charge on any atom is 0.255 e. The van der Waals surface area contributed by atoms with Crippen molar-refractivity contribution in [2.45, 2.75) is 0 Å². The number of hydrogen-bond donors (Lipinski definition) is 0. The number of benzene rings is 1. The number of methoxy groups -OCH3 is 1. The topological polar surface area (TPSA) is 62.7 Å². The summed E-state index contributed by atoms with van der Waals surface area (Å²) in [4.78, 5) is 32.5. The summed E-state index contributed by atoms with van der Waals surface area (Å²) in [6.45, 7) is 1.91. The first-order chi connectivity index (χ1) is 12.1. The van der Waals surface area contributed by atoms with Crippen molar-refractivity contribution < 1.29 is 14.3 Å². The third kappa shape index (κ3) is 3.74. The molecule has 7 heteroatoms. The smallest absolute Gasteiger partial charge is 0.255 e. The highest BCUT2D eigenvalue weighted by Gasteiger charge is 2.26. The average Bonchev–Trinajstić information content (AvgIpc) is 2.67. The van der Waals surface area contributed by atoms with Gasteiger partial charge in [-0.1, -0.05) is 11.6 Å². The quantitative estimate of drug-likeness (QED) is 0.843. The van der Waals surface area contributed by atoms with Crippen molar-refractivity contribution >= 4 is 23.4 Å². The van der Waals surface area contributed by atoms with E-state index in [-0.39, 0.29) is 11.8 Å². The van der Waals surface area contributed by atoms with Crippen LogP contribution in [0.3, 0.4) is 0 Å². The number of carbonyl (C=O) groups is 2. The van der Waals surface area contributed by atoms with Crippen molar-refractivity contribution in [1.29, 1.82) is 0 Å². The van der Waals surface area contributed by atoms with Crippen molar-refractivity contribution in [2.24, 2.45) is 0 Å². The number of nitrogens with zero attached hydrogens (tertiary/aromatic N) is 3. The molecule has 1 aliphatic rings. The zero-order valence-corrected chi connectivity index (χ0v) is 14.6. The van der Waals surface area contributed by atoms with Gasteiger partial charge in [-0.05, 0) is 30.3 Å². The molecule has 1 fully saturated rings. The standard InChI is InChI=1S/C18H18ClN3O3/c1-25-14-2-3-15(16(19)12-14)18(24)22-10-8-21(9-11-22)17(23)13-4-6-20-7-5-13/h2-7,12H,8-11H2,1H3. The zero-order valence-electron chi connectivity index (χ0n) is 13.8. The SMILES string of the molecule is COc1ccc(C(=O)N2CCN(C(=O)c3ccncc3)CC2)c(Cl)c1. The summed E-state index contributed by atoms with van der Waals surface area (Å²) < 4.78 is 5.10. The lowest BCUT2D eigenvalue weighted by atomic mass is 10.1. The third-order valence-electron chi connectivity index (χ3n) is 4.19. The number of amides is 2. The molecule has 0 spiro atoms. The maximum absolute atomic E-state index is 12.7. The predicted molar refractivity (Wildman–Crippen MR) is 94.0 cm³/mol. The molecule has 3 rings (SSSR count). The summed E-state index contributed by atoms with van der Waals surface area (Å²) in [5.74, 6) is 0.426. The first-order valence-electron chi connectivity index (χ1n) is 7.92. The Morgan fingerprint density at radius 1 is 1.00 bits per heavy atom. The molecular weight excluding hydrogens is 342 g/mol. The Bertz CT molecular complexity index is 774. The van der Waals surface area contributed by atoms with Crippen LogP contribution < -0.4 is 4.74 Å². The Kier molecular flexibility index (Phi) is 5.19. The average molecular weight is 360 g/mol. The molecule has 1 aliphatic heterocycles. The van der Waals surface area contributed by atoms with E-state index in [0.717, 1.165) is 0 Å². The minimum Gasteiger partial charge on any atom is -0.497 e. The van der Waals surface area contributed by atoms with Gasteiger partial charge in [-0.2, -0.15) is 0 Å². The molecule has 6 nitrogen and oxygen atoms in total. The highest BCUT2D eigenvalue weighted by Crippen LogP contribution is 2.24. The summed E-state index contributed by atoms with van der Waals surface area (Å²) in [7, 11) is 1.55. The van der Waals surface area contributed by atoms with Gasteiger partial charge in [0.25, 0.3) is 11.8 Å². The molecule has 130 valence electrons. The Balaban J connectivity index is 1.64. The van der Waals surface area contributed by atoms with Crippen LogP contribution in [-0.2, 0) is 0 Å². The van der Waals surface area contributed by atoms with E-state index in [1.807, 2.05) is 0 Å². The van der Waals surface area contributed by atoms with Gasteiger partial charge in [-0.3, -0.25) is 14.6 Å². The lowest BCUT2D eigenvalue weighted by molar-refractivity contribution is 0.0535. The highest BCUT2D eigenvalue weighted by atomic mass is 35.5. The summed E-state index contributed by atoms with van der Waals surface area (Å²) in [6, 6.07) is 8.38.